The Hall–Kier alpha value is -3.33. The van der Waals surface area contributed by atoms with Gasteiger partial charge in [-0.2, -0.15) is 13.2 Å². The Labute approximate surface area is 201 Å². The van der Waals surface area contributed by atoms with Crippen molar-refractivity contribution in [1.82, 2.24) is 10.2 Å². The van der Waals surface area contributed by atoms with Crippen molar-refractivity contribution in [3.05, 3.63) is 52.7 Å². The third-order valence-electron chi connectivity index (χ3n) is 5.28. The van der Waals surface area contributed by atoms with Crippen molar-refractivity contribution in [2.75, 3.05) is 23.3 Å². The van der Waals surface area contributed by atoms with Gasteiger partial charge in [-0.3, -0.25) is 4.79 Å². The maximum Gasteiger partial charge on any atom is 0.435 e. The van der Waals surface area contributed by atoms with E-state index in [-0.39, 0.29) is 38.7 Å². The Morgan fingerprint density at radius 1 is 1.23 bits per heavy atom. The van der Waals surface area contributed by atoms with E-state index in [1.807, 2.05) is 6.92 Å². The first-order valence-electron chi connectivity index (χ1n) is 11.0. The quantitative estimate of drug-likeness (QED) is 0.411. The number of aryl methyl sites for hydroxylation is 1. The number of halogens is 5. The molecule has 1 N–H and O–H groups in total. The van der Waals surface area contributed by atoms with Crippen LogP contribution in [0.4, 0.5) is 33.5 Å². The second kappa shape index (κ2) is 11.9. The number of nitrogens with one attached hydrogen (secondary N) is 1. The van der Waals surface area contributed by atoms with Gasteiger partial charge in [0.1, 0.15) is 5.94 Å². The average Bonchev–Trinajstić information content (AvgIpc) is 2.94. The predicted molar refractivity (Wildman–Crippen MR) is 125 cm³/mol. The molecule has 0 aliphatic carbocycles. The van der Waals surface area contributed by atoms with Crippen LogP contribution in [0.3, 0.4) is 0 Å². The zero-order valence-electron chi connectivity index (χ0n) is 19.7. The zero-order valence-corrected chi connectivity index (χ0v) is 19.7. The smallest absolute Gasteiger partial charge is 0.354 e. The number of alkyl halides is 5. The van der Waals surface area contributed by atoms with E-state index in [0.717, 1.165) is 18.9 Å². The van der Waals surface area contributed by atoms with Crippen molar-refractivity contribution < 1.29 is 33.0 Å². The Kier molecular flexibility index (Phi) is 9.47. The average molecular weight is 501 g/mol. The van der Waals surface area contributed by atoms with Gasteiger partial charge in [0, 0.05) is 33.0 Å². The number of aromatic nitrogens is 2. The molecule has 0 radical (unpaired) electrons. The lowest BCUT2D eigenvalue weighted by molar-refractivity contribution is -0.142. The summed E-state index contributed by atoms with van der Waals surface area (Å²) < 4.78 is 67.6. The van der Waals surface area contributed by atoms with E-state index >= 15 is 0 Å². The van der Waals surface area contributed by atoms with Crippen LogP contribution in [0.25, 0.3) is 0 Å². The van der Waals surface area contributed by atoms with Gasteiger partial charge in [0.2, 0.25) is 5.92 Å². The number of allylic oxidation sites excluding steroid dienone is 1. The minimum atomic E-state index is -4.81. The molecule has 6 nitrogen and oxygen atoms in total. The summed E-state index contributed by atoms with van der Waals surface area (Å²) in [6.45, 7) is 4.83. The molecular weight excluding hydrogens is 471 g/mol. The number of amides is 1. The number of carbonyl (C=O) groups is 1. The van der Waals surface area contributed by atoms with Gasteiger partial charge in [0.25, 0.3) is 5.91 Å². The number of rotatable bonds is 4. The summed E-state index contributed by atoms with van der Waals surface area (Å²) in [5.41, 5.74) is -0.736. The van der Waals surface area contributed by atoms with Crippen LogP contribution in [0.5, 0.6) is 0 Å². The molecule has 35 heavy (non-hydrogen) atoms. The number of anilines is 2. The van der Waals surface area contributed by atoms with Crippen molar-refractivity contribution in [3.8, 4) is 0 Å². The predicted octanol–water partition coefficient (Wildman–Crippen LogP) is 6.02. The summed E-state index contributed by atoms with van der Waals surface area (Å²) in [4.78, 5) is 23.6. The monoisotopic (exact) mass is 500 g/mol. The van der Waals surface area contributed by atoms with E-state index in [9.17, 15) is 31.5 Å². The van der Waals surface area contributed by atoms with Gasteiger partial charge >= 0.3 is 6.18 Å². The summed E-state index contributed by atoms with van der Waals surface area (Å²) in [6, 6.07) is 6.77. The zero-order chi connectivity index (χ0) is 26.2. The number of hydrogen-bond donors (Lipinski definition) is 1. The molecule has 3 rings (SSSR count). The molecule has 11 heteroatoms. The summed E-state index contributed by atoms with van der Waals surface area (Å²) >= 11 is 0. The lowest BCUT2D eigenvalue weighted by Gasteiger charge is -2.25. The fourth-order valence-corrected chi connectivity index (χ4v) is 3.55. The number of hydrogen-bond acceptors (Lipinski definition) is 5. The molecule has 0 saturated carbocycles. The number of nitrogens with zero attached hydrogens (tertiary/aromatic N) is 3. The fraction of sp³-hybridized carbons (Fsp3) is 0.458. The molecule has 1 aliphatic heterocycles. The van der Waals surface area contributed by atoms with Crippen LogP contribution in [0, 0.1) is 13.8 Å². The second-order valence-electron chi connectivity index (χ2n) is 8.12. The normalized spacial score (nSPS) is 15.3. The van der Waals surface area contributed by atoms with Crippen LogP contribution in [0.15, 0.2) is 30.3 Å². The highest BCUT2D eigenvalue weighted by Crippen LogP contribution is 2.36. The lowest BCUT2D eigenvalue weighted by Crippen LogP contribution is -2.31. The van der Waals surface area contributed by atoms with Crippen LogP contribution in [-0.2, 0) is 11.0 Å². The molecule has 1 amide bonds. The first kappa shape index (κ1) is 27.9. The molecule has 1 aromatic heterocycles. The maximum absolute atomic E-state index is 13.7. The van der Waals surface area contributed by atoms with Gasteiger partial charge in [-0.1, -0.05) is 19.1 Å². The van der Waals surface area contributed by atoms with E-state index in [2.05, 4.69) is 15.5 Å². The van der Waals surface area contributed by atoms with Crippen LogP contribution in [0.1, 0.15) is 61.2 Å². The maximum atomic E-state index is 13.7. The highest BCUT2D eigenvalue weighted by molar-refractivity contribution is 6.08. The largest absolute Gasteiger partial charge is 0.435 e. The van der Waals surface area contributed by atoms with E-state index in [0.29, 0.717) is 5.69 Å². The highest BCUT2D eigenvalue weighted by atomic mass is 19.4. The molecule has 0 bridgehead atoms. The summed E-state index contributed by atoms with van der Waals surface area (Å²) in [5.74, 6) is -2.15. The van der Waals surface area contributed by atoms with Crippen molar-refractivity contribution in [3.63, 3.8) is 0 Å². The van der Waals surface area contributed by atoms with Gasteiger partial charge in [0.15, 0.2) is 11.5 Å². The van der Waals surface area contributed by atoms with Crippen molar-refractivity contribution >= 4 is 23.4 Å². The lowest BCUT2D eigenvalue weighted by atomic mass is 10.1. The molecule has 1 saturated heterocycles. The summed E-state index contributed by atoms with van der Waals surface area (Å²) in [7, 11) is 0. The van der Waals surface area contributed by atoms with Gasteiger partial charge in [0.05, 0.1) is 5.56 Å². The van der Waals surface area contributed by atoms with Crippen LogP contribution in [0.2, 0.25) is 0 Å². The Balaban J connectivity index is 0.000000983. The van der Waals surface area contributed by atoms with E-state index < -0.39 is 35.7 Å². The van der Waals surface area contributed by atoms with Crippen molar-refractivity contribution in [1.29, 1.82) is 0 Å². The number of benzene rings is 1. The first-order valence-corrected chi connectivity index (χ1v) is 11.0. The molecule has 2 aromatic rings. The minimum Gasteiger partial charge on any atom is -0.354 e. The SMILES string of the molecule is CCC=C=O.Cc1cccc(NC(=O)c2c(N3CCCC(F)(F)CC3)nnc(C(F)(F)F)c2C)c1.[HH]. The van der Waals surface area contributed by atoms with E-state index in [1.54, 1.807) is 37.1 Å². The van der Waals surface area contributed by atoms with Crippen LogP contribution < -0.4 is 10.2 Å². The molecule has 0 spiro atoms. The standard InChI is InChI=1S/C20H21F5N4O.C4H6O.H2/c1-12-5-3-6-14(11-12)26-18(30)15-13(2)16(20(23,24)25)27-28-17(15)29-9-4-7-19(21,22)8-10-29;1-2-3-4-5;/h3,5-6,11H,4,7-10H2,1-2H3,(H,26,30);3H,2H2,1H3;1H. The van der Waals surface area contributed by atoms with Gasteiger partial charge < -0.3 is 10.2 Å². The molecule has 192 valence electrons. The minimum absolute atomic E-state index is 0. The van der Waals surface area contributed by atoms with Gasteiger partial charge in [-0.25, -0.2) is 13.6 Å². The van der Waals surface area contributed by atoms with Crippen LogP contribution >= 0.6 is 0 Å². The topological polar surface area (TPSA) is 75.2 Å². The third kappa shape index (κ3) is 7.85. The highest BCUT2D eigenvalue weighted by Gasteiger charge is 2.39. The molecule has 1 aromatic carbocycles. The third-order valence-corrected chi connectivity index (χ3v) is 5.28. The Bertz CT molecular complexity index is 1090. The molecular formula is C24H29F5N4O2. The van der Waals surface area contributed by atoms with E-state index in [1.165, 1.54) is 11.0 Å². The second-order valence-corrected chi connectivity index (χ2v) is 8.12. The van der Waals surface area contributed by atoms with Gasteiger partial charge in [-0.15, -0.1) is 10.2 Å². The van der Waals surface area contributed by atoms with Crippen LogP contribution in [-0.4, -0.2) is 41.1 Å². The summed E-state index contributed by atoms with van der Waals surface area (Å²) in [5, 5.41) is 9.50. The van der Waals surface area contributed by atoms with Crippen molar-refractivity contribution in [2.24, 2.45) is 0 Å². The number of carbonyl (C=O) groups excluding carboxylic acids is 2. The molecule has 0 atom stereocenters. The van der Waals surface area contributed by atoms with E-state index in [4.69, 9.17) is 0 Å². The summed E-state index contributed by atoms with van der Waals surface area (Å²) in [6.07, 6.45) is -3.26. The Morgan fingerprint density at radius 3 is 2.51 bits per heavy atom. The van der Waals surface area contributed by atoms with Gasteiger partial charge in [-0.05, 0) is 56.0 Å². The Morgan fingerprint density at radius 2 is 1.94 bits per heavy atom. The first-order chi connectivity index (χ1) is 16.4. The molecule has 2 heterocycles. The fourth-order valence-electron chi connectivity index (χ4n) is 3.55. The molecule has 1 aliphatic rings. The molecule has 0 unspecified atom stereocenters. The molecule has 1 fully saturated rings. The van der Waals surface area contributed by atoms with Crippen molar-refractivity contribution in [2.45, 2.75) is 58.6 Å².